The van der Waals surface area contributed by atoms with Crippen LogP contribution in [0, 0.1) is 5.41 Å². The molecule has 0 saturated heterocycles. The summed E-state index contributed by atoms with van der Waals surface area (Å²) in [5, 5.41) is 19.7. The van der Waals surface area contributed by atoms with E-state index in [-0.39, 0.29) is 25.6 Å². The van der Waals surface area contributed by atoms with Crippen LogP contribution in [0.1, 0.15) is 39.2 Å². The molecule has 0 bridgehead atoms. The smallest absolute Gasteiger partial charge is 0.311 e. The summed E-state index contributed by atoms with van der Waals surface area (Å²) >= 11 is 0. The van der Waals surface area contributed by atoms with Crippen molar-refractivity contribution in [3.8, 4) is 0 Å². The van der Waals surface area contributed by atoms with E-state index in [1.807, 2.05) is 30.3 Å². The summed E-state index contributed by atoms with van der Waals surface area (Å²) in [6.07, 6.45) is -0.968. The Morgan fingerprint density at radius 1 is 1.13 bits per heavy atom. The van der Waals surface area contributed by atoms with Crippen LogP contribution in [0.3, 0.4) is 0 Å². The summed E-state index contributed by atoms with van der Waals surface area (Å²) in [7, 11) is 0. The highest BCUT2D eigenvalue weighted by molar-refractivity contribution is 5.75. The molecule has 23 heavy (non-hydrogen) atoms. The Bertz CT molecular complexity index is 452. The van der Waals surface area contributed by atoms with Gasteiger partial charge in [-0.3, -0.25) is 4.79 Å². The van der Waals surface area contributed by atoms with Crippen molar-refractivity contribution in [2.45, 2.75) is 52.4 Å². The Kier molecular flexibility index (Phi) is 8.23. The highest BCUT2D eigenvalue weighted by Crippen LogP contribution is 2.15. The third kappa shape index (κ3) is 8.69. The number of aliphatic hydroxyl groups excluding tert-OH is 2. The topological polar surface area (TPSA) is 76.0 Å². The molecule has 5 nitrogen and oxygen atoms in total. The van der Waals surface area contributed by atoms with E-state index in [0.717, 1.165) is 5.56 Å². The Morgan fingerprint density at radius 3 is 2.39 bits per heavy atom. The van der Waals surface area contributed by atoms with Crippen molar-refractivity contribution in [1.29, 1.82) is 0 Å². The molecule has 0 aromatic heterocycles. The molecule has 130 valence electrons. The monoisotopic (exact) mass is 324 g/mol. The van der Waals surface area contributed by atoms with E-state index >= 15 is 0 Å². The summed E-state index contributed by atoms with van der Waals surface area (Å²) in [5.41, 5.74) is 0.491. The summed E-state index contributed by atoms with van der Waals surface area (Å²) in [5.74, 6) is -0.295. The van der Waals surface area contributed by atoms with Gasteiger partial charge in [0.25, 0.3) is 0 Å². The quantitative estimate of drug-likeness (QED) is 0.682. The molecule has 0 amide bonds. The first-order chi connectivity index (χ1) is 10.8. The second kappa shape index (κ2) is 9.65. The molecule has 0 aliphatic carbocycles. The van der Waals surface area contributed by atoms with Gasteiger partial charge in [0.2, 0.25) is 0 Å². The van der Waals surface area contributed by atoms with Crippen LogP contribution in [-0.4, -0.2) is 41.6 Å². The average Bonchev–Trinajstić information content (AvgIpc) is 2.47. The first-order valence-corrected chi connectivity index (χ1v) is 7.94. The van der Waals surface area contributed by atoms with Crippen LogP contribution in [0.25, 0.3) is 0 Å². The van der Waals surface area contributed by atoms with E-state index in [1.54, 1.807) is 20.8 Å². The standard InChI is InChI=1S/C18H28O5/c1-18(2,3)17(21)23-10-9-15(19)11-16(20)13-22-12-14-7-5-4-6-8-14/h4-8,15-16,19-20H,9-13H2,1-3H3/t15-,16-/m0/s1. The number of carbonyl (C=O) groups is 1. The predicted octanol–water partition coefficient (Wildman–Crippen LogP) is 2.29. The number of ether oxygens (including phenoxy) is 2. The lowest BCUT2D eigenvalue weighted by molar-refractivity contribution is -0.153. The average molecular weight is 324 g/mol. The van der Waals surface area contributed by atoms with Gasteiger partial charge in [0.15, 0.2) is 0 Å². The van der Waals surface area contributed by atoms with Gasteiger partial charge in [-0.2, -0.15) is 0 Å². The van der Waals surface area contributed by atoms with Gasteiger partial charge in [-0.05, 0) is 26.3 Å². The molecule has 0 fully saturated rings. The normalized spacial score (nSPS) is 14.3. The second-order valence-electron chi connectivity index (χ2n) is 6.72. The zero-order valence-electron chi connectivity index (χ0n) is 14.2. The van der Waals surface area contributed by atoms with Crippen LogP contribution in [0.2, 0.25) is 0 Å². The van der Waals surface area contributed by atoms with Crippen molar-refractivity contribution in [3.63, 3.8) is 0 Å². The van der Waals surface area contributed by atoms with Gasteiger partial charge in [-0.15, -0.1) is 0 Å². The minimum atomic E-state index is -0.743. The van der Waals surface area contributed by atoms with Crippen molar-refractivity contribution in [3.05, 3.63) is 35.9 Å². The van der Waals surface area contributed by atoms with Crippen LogP contribution >= 0.6 is 0 Å². The zero-order valence-corrected chi connectivity index (χ0v) is 14.2. The molecule has 0 spiro atoms. The number of benzene rings is 1. The van der Waals surface area contributed by atoms with Crippen LogP contribution in [0.15, 0.2) is 30.3 Å². The number of carbonyl (C=O) groups excluding carboxylic acids is 1. The predicted molar refractivity (Wildman–Crippen MR) is 87.8 cm³/mol. The summed E-state index contributed by atoms with van der Waals surface area (Å²) in [6, 6.07) is 9.69. The van der Waals surface area contributed by atoms with Crippen LogP contribution in [0.4, 0.5) is 0 Å². The molecule has 0 saturated carbocycles. The molecule has 0 radical (unpaired) electrons. The van der Waals surface area contributed by atoms with Crippen molar-refractivity contribution < 1.29 is 24.5 Å². The van der Waals surface area contributed by atoms with Crippen LogP contribution in [-0.2, 0) is 20.9 Å². The van der Waals surface area contributed by atoms with Gasteiger partial charge in [0.05, 0.1) is 37.4 Å². The van der Waals surface area contributed by atoms with E-state index in [0.29, 0.717) is 13.0 Å². The fraction of sp³-hybridized carbons (Fsp3) is 0.611. The third-order valence-corrected chi connectivity index (χ3v) is 3.26. The molecule has 5 heteroatoms. The Balaban J connectivity index is 2.13. The third-order valence-electron chi connectivity index (χ3n) is 3.26. The minimum absolute atomic E-state index is 0.148. The van der Waals surface area contributed by atoms with Crippen molar-refractivity contribution in [1.82, 2.24) is 0 Å². The van der Waals surface area contributed by atoms with Crippen molar-refractivity contribution >= 4 is 5.97 Å². The Morgan fingerprint density at radius 2 is 1.78 bits per heavy atom. The molecule has 0 aliphatic heterocycles. The Hall–Kier alpha value is -1.43. The maximum Gasteiger partial charge on any atom is 0.311 e. The molecule has 1 aromatic carbocycles. The van der Waals surface area contributed by atoms with Crippen LogP contribution < -0.4 is 0 Å². The molecule has 2 atom stereocenters. The summed E-state index contributed by atoms with van der Waals surface area (Å²) in [4.78, 5) is 11.6. The van der Waals surface area contributed by atoms with E-state index < -0.39 is 17.6 Å². The Labute approximate surface area is 138 Å². The summed E-state index contributed by atoms with van der Waals surface area (Å²) < 4.78 is 10.5. The molecular formula is C18H28O5. The van der Waals surface area contributed by atoms with Crippen molar-refractivity contribution in [2.24, 2.45) is 5.41 Å². The van der Waals surface area contributed by atoms with Gasteiger partial charge < -0.3 is 19.7 Å². The summed E-state index contributed by atoms with van der Waals surface area (Å²) in [6.45, 7) is 6.07. The molecular weight excluding hydrogens is 296 g/mol. The largest absolute Gasteiger partial charge is 0.465 e. The number of hydrogen-bond donors (Lipinski definition) is 2. The van der Waals surface area contributed by atoms with E-state index in [4.69, 9.17) is 9.47 Å². The number of esters is 1. The lowest BCUT2D eigenvalue weighted by Crippen LogP contribution is -2.26. The van der Waals surface area contributed by atoms with E-state index in [1.165, 1.54) is 0 Å². The minimum Gasteiger partial charge on any atom is -0.465 e. The van der Waals surface area contributed by atoms with E-state index in [2.05, 4.69) is 0 Å². The highest BCUT2D eigenvalue weighted by Gasteiger charge is 2.23. The fourth-order valence-electron chi connectivity index (χ4n) is 1.89. The fourth-order valence-corrected chi connectivity index (χ4v) is 1.89. The SMILES string of the molecule is CC(C)(C)C(=O)OCC[C@H](O)C[C@H](O)COCc1ccccc1. The van der Waals surface area contributed by atoms with Gasteiger partial charge in [0.1, 0.15) is 0 Å². The maximum atomic E-state index is 11.6. The van der Waals surface area contributed by atoms with Crippen LogP contribution in [0.5, 0.6) is 0 Å². The van der Waals surface area contributed by atoms with Gasteiger partial charge in [-0.25, -0.2) is 0 Å². The molecule has 2 N–H and O–H groups in total. The van der Waals surface area contributed by atoms with E-state index in [9.17, 15) is 15.0 Å². The lowest BCUT2D eigenvalue weighted by atomic mass is 9.97. The highest BCUT2D eigenvalue weighted by atomic mass is 16.5. The first kappa shape index (κ1) is 19.6. The van der Waals surface area contributed by atoms with Gasteiger partial charge >= 0.3 is 5.97 Å². The molecule has 0 aliphatic rings. The molecule has 1 aromatic rings. The molecule has 0 heterocycles. The molecule has 0 unspecified atom stereocenters. The first-order valence-electron chi connectivity index (χ1n) is 7.94. The second-order valence-corrected chi connectivity index (χ2v) is 6.72. The number of rotatable bonds is 9. The number of hydrogen-bond acceptors (Lipinski definition) is 5. The molecule has 1 rings (SSSR count). The number of aliphatic hydroxyl groups is 2. The van der Waals surface area contributed by atoms with Gasteiger partial charge in [0, 0.05) is 12.8 Å². The van der Waals surface area contributed by atoms with Crippen molar-refractivity contribution in [2.75, 3.05) is 13.2 Å². The lowest BCUT2D eigenvalue weighted by Gasteiger charge is -2.19. The zero-order chi connectivity index (χ0) is 17.3. The maximum absolute atomic E-state index is 11.6. The van der Waals surface area contributed by atoms with Gasteiger partial charge in [-0.1, -0.05) is 30.3 Å².